The summed E-state index contributed by atoms with van der Waals surface area (Å²) in [6.07, 6.45) is 3.44. The Bertz CT molecular complexity index is 655. The van der Waals surface area contributed by atoms with Crippen LogP contribution in [0.25, 0.3) is 5.69 Å². The average Bonchev–Trinajstić information content (AvgIpc) is 2.81. The van der Waals surface area contributed by atoms with Crippen LogP contribution in [0.3, 0.4) is 0 Å². The summed E-state index contributed by atoms with van der Waals surface area (Å²) in [5.74, 6) is -0.155. The summed E-state index contributed by atoms with van der Waals surface area (Å²) in [4.78, 5) is 0. The van der Waals surface area contributed by atoms with Gasteiger partial charge in [-0.2, -0.15) is 5.10 Å². The number of halogens is 1. The SMILES string of the molecule is NS(=O)(=O)CCNc1cc(Cl)ccc1-n1cccn1. The van der Waals surface area contributed by atoms with Gasteiger partial charge in [0.25, 0.3) is 0 Å². The molecule has 0 aliphatic rings. The maximum Gasteiger partial charge on any atom is 0.210 e. The Balaban J connectivity index is 2.21. The monoisotopic (exact) mass is 300 g/mol. The van der Waals surface area contributed by atoms with Crippen molar-refractivity contribution in [2.24, 2.45) is 5.14 Å². The number of aromatic nitrogens is 2. The molecule has 0 radical (unpaired) electrons. The van der Waals surface area contributed by atoms with Gasteiger partial charge in [0.05, 0.1) is 17.1 Å². The molecule has 0 atom stereocenters. The second kappa shape index (κ2) is 5.60. The highest BCUT2D eigenvalue weighted by atomic mass is 35.5. The Hall–Kier alpha value is -1.57. The molecule has 0 unspecified atom stereocenters. The summed E-state index contributed by atoms with van der Waals surface area (Å²) < 4.78 is 23.5. The number of benzene rings is 1. The summed E-state index contributed by atoms with van der Waals surface area (Å²) >= 11 is 5.93. The quantitative estimate of drug-likeness (QED) is 0.869. The Labute approximate surface area is 116 Å². The fourth-order valence-electron chi connectivity index (χ4n) is 1.59. The molecule has 0 spiro atoms. The first kappa shape index (κ1) is 13.9. The van der Waals surface area contributed by atoms with Gasteiger partial charge in [-0.05, 0) is 24.3 Å². The molecule has 0 amide bonds. The van der Waals surface area contributed by atoms with E-state index in [1.165, 1.54) is 0 Å². The summed E-state index contributed by atoms with van der Waals surface area (Å²) in [5.41, 5.74) is 1.48. The van der Waals surface area contributed by atoms with Gasteiger partial charge in [-0.1, -0.05) is 11.6 Å². The van der Waals surface area contributed by atoms with Gasteiger partial charge < -0.3 is 5.32 Å². The fraction of sp³-hybridized carbons (Fsp3) is 0.182. The van der Waals surface area contributed by atoms with Crippen LogP contribution in [-0.4, -0.2) is 30.5 Å². The zero-order valence-electron chi connectivity index (χ0n) is 9.95. The molecule has 0 saturated heterocycles. The zero-order valence-corrected chi connectivity index (χ0v) is 11.5. The summed E-state index contributed by atoms with van der Waals surface area (Å²) in [5, 5.41) is 12.6. The van der Waals surface area contributed by atoms with Crippen molar-refractivity contribution in [2.45, 2.75) is 0 Å². The van der Waals surface area contributed by atoms with Crippen LogP contribution in [0.5, 0.6) is 0 Å². The number of rotatable bonds is 5. The summed E-state index contributed by atoms with van der Waals surface area (Å²) in [7, 11) is -3.49. The van der Waals surface area contributed by atoms with E-state index < -0.39 is 10.0 Å². The first-order chi connectivity index (χ1) is 8.96. The fourth-order valence-corrected chi connectivity index (χ4v) is 2.15. The number of sulfonamides is 1. The second-order valence-corrected chi connectivity index (χ2v) is 6.08. The maximum atomic E-state index is 10.9. The number of anilines is 1. The highest BCUT2D eigenvalue weighted by molar-refractivity contribution is 7.89. The molecular weight excluding hydrogens is 288 g/mol. The van der Waals surface area contributed by atoms with Crippen LogP contribution in [-0.2, 0) is 10.0 Å². The Morgan fingerprint density at radius 3 is 2.84 bits per heavy atom. The van der Waals surface area contributed by atoms with Crippen LogP contribution in [0.15, 0.2) is 36.7 Å². The van der Waals surface area contributed by atoms with Crippen LogP contribution in [0, 0.1) is 0 Å². The van der Waals surface area contributed by atoms with E-state index in [0.717, 1.165) is 5.69 Å². The van der Waals surface area contributed by atoms with Gasteiger partial charge in [0.15, 0.2) is 0 Å². The molecule has 8 heteroatoms. The summed E-state index contributed by atoms with van der Waals surface area (Å²) in [6.45, 7) is 0.202. The standard InChI is InChI=1S/C11H13ClN4O2S/c12-9-2-3-11(16-6-1-4-15-16)10(8-9)14-5-7-19(13,17)18/h1-4,6,8,14H,5,7H2,(H2,13,17,18). The molecule has 102 valence electrons. The third-order valence-corrected chi connectivity index (χ3v) is 3.42. The number of hydrogen-bond donors (Lipinski definition) is 2. The first-order valence-electron chi connectivity index (χ1n) is 5.49. The third-order valence-electron chi connectivity index (χ3n) is 2.41. The molecule has 0 fully saturated rings. The number of hydrogen-bond acceptors (Lipinski definition) is 4. The molecule has 1 aromatic heterocycles. The van der Waals surface area contributed by atoms with Crippen molar-refractivity contribution >= 4 is 27.3 Å². The molecule has 2 aromatic rings. The predicted octanol–water partition coefficient (Wildman–Crippen LogP) is 1.23. The molecule has 3 N–H and O–H groups in total. The smallest absolute Gasteiger partial charge is 0.210 e. The van der Waals surface area contributed by atoms with Gasteiger partial charge in [-0.15, -0.1) is 0 Å². The van der Waals surface area contributed by atoms with Crippen LogP contribution in [0.2, 0.25) is 5.02 Å². The molecule has 1 heterocycles. The van der Waals surface area contributed by atoms with Gasteiger partial charge in [-0.25, -0.2) is 18.2 Å². The van der Waals surface area contributed by atoms with Gasteiger partial charge in [0, 0.05) is 24.0 Å². The Morgan fingerprint density at radius 2 is 2.21 bits per heavy atom. The second-order valence-electron chi connectivity index (χ2n) is 3.91. The van der Waals surface area contributed by atoms with Crippen molar-refractivity contribution in [3.05, 3.63) is 41.7 Å². The van der Waals surface area contributed by atoms with Crippen LogP contribution < -0.4 is 10.5 Å². The molecule has 1 aromatic carbocycles. The van der Waals surface area contributed by atoms with E-state index in [9.17, 15) is 8.42 Å². The van der Waals surface area contributed by atoms with Gasteiger partial charge in [-0.3, -0.25) is 0 Å². The number of nitrogens with one attached hydrogen (secondary N) is 1. The van der Waals surface area contributed by atoms with E-state index in [0.29, 0.717) is 10.7 Å². The summed E-state index contributed by atoms with van der Waals surface area (Å²) in [6, 6.07) is 7.04. The Morgan fingerprint density at radius 1 is 1.42 bits per heavy atom. The molecule has 0 aliphatic carbocycles. The van der Waals surface area contributed by atoms with Crippen LogP contribution in [0.1, 0.15) is 0 Å². The van der Waals surface area contributed by atoms with E-state index >= 15 is 0 Å². The average molecular weight is 301 g/mol. The van der Waals surface area contributed by atoms with E-state index in [1.807, 2.05) is 0 Å². The van der Waals surface area contributed by atoms with Gasteiger partial charge in [0.2, 0.25) is 10.0 Å². The first-order valence-corrected chi connectivity index (χ1v) is 7.59. The zero-order chi connectivity index (χ0) is 13.9. The molecule has 6 nitrogen and oxygen atoms in total. The minimum absolute atomic E-state index is 0.155. The normalized spacial score (nSPS) is 11.5. The van der Waals surface area contributed by atoms with Crippen molar-refractivity contribution in [3.8, 4) is 5.69 Å². The van der Waals surface area contributed by atoms with Crippen molar-refractivity contribution in [1.82, 2.24) is 9.78 Å². The number of nitrogens with zero attached hydrogens (tertiary/aromatic N) is 2. The molecule has 0 saturated carbocycles. The topological polar surface area (TPSA) is 90.0 Å². The lowest BCUT2D eigenvalue weighted by molar-refractivity contribution is 0.598. The highest BCUT2D eigenvalue weighted by Gasteiger charge is 2.07. The molecule has 0 bridgehead atoms. The van der Waals surface area contributed by atoms with Crippen molar-refractivity contribution < 1.29 is 8.42 Å². The number of primary sulfonamides is 1. The molecule has 0 aliphatic heterocycles. The number of nitrogens with two attached hydrogens (primary N) is 1. The van der Waals surface area contributed by atoms with E-state index in [2.05, 4.69) is 10.4 Å². The van der Waals surface area contributed by atoms with Crippen molar-refractivity contribution in [2.75, 3.05) is 17.6 Å². The van der Waals surface area contributed by atoms with Gasteiger partial charge in [0.1, 0.15) is 0 Å². The third kappa shape index (κ3) is 3.95. The lowest BCUT2D eigenvalue weighted by Crippen LogP contribution is -2.22. The van der Waals surface area contributed by atoms with Crippen molar-refractivity contribution in [1.29, 1.82) is 0 Å². The minimum atomic E-state index is -3.49. The largest absolute Gasteiger partial charge is 0.382 e. The van der Waals surface area contributed by atoms with Crippen LogP contribution in [0.4, 0.5) is 5.69 Å². The van der Waals surface area contributed by atoms with Gasteiger partial charge >= 0.3 is 0 Å². The van der Waals surface area contributed by atoms with Crippen molar-refractivity contribution in [3.63, 3.8) is 0 Å². The highest BCUT2D eigenvalue weighted by Crippen LogP contribution is 2.23. The molecule has 19 heavy (non-hydrogen) atoms. The molecule has 2 rings (SSSR count). The predicted molar refractivity (Wildman–Crippen MR) is 75.0 cm³/mol. The van der Waals surface area contributed by atoms with E-state index in [-0.39, 0.29) is 12.3 Å². The van der Waals surface area contributed by atoms with Crippen LogP contribution >= 0.6 is 11.6 Å². The minimum Gasteiger partial charge on any atom is -0.382 e. The Kier molecular flexibility index (Phi) is 4.08. The molecular formula is C11H13ClN4O2S. The van der Waals surface area contributed by atoms with E-state index in [1.54, 1.807) is 41.3 Å². The lowest BCUT2D eigenvalue weighted by atomic mass is 10.2. The van der Waals surface area contributed by atoms with E-state index in [4.69, 9.17) is 16.7 Å². The lowest BCUT2D eigenvalue weighted by Gasteiger charge is -2.12. The maximum absolute atomic E-state index is 10.9.